The van der Waals surface area contributed by atoms with Gasteiger partial charge in [-0.15, -0.1) is 11.8 Å². The number of sulfonamides is 1. The van der Waals surface area contributed by atoms with Crippen LogP contribution in [0.5, 0.6) is 0 Å². The minimum absolute atomic E-state index is 0.105. The minimum Gasteiger partial charge on any atom is -0.379 e. The molecule has 0 radical (unpaired) electrons. The fourth-order valence-corrected chi connectivity index (χ4v) is 4.56. The number of nitrogens with one attached hydrogen (secondary N) is 1. The molecule has 1 aliphatic heterocycles. The number of nitro benzene ring substituents is 1. The van der Waals surface area contributed by atoms with Gasteiger partial charge in [-0.25, -0.2) is 8.42 Å². The summed E-state index contributed by atoms with van der Waals surface area (Å²) in [5, 5.41) is 15.5. The molecular formula is C18H20N4O5S2. The van der Waals surface area contributed by atoms with E-state index in [1.807, 2.05) is 30.5 Å². The number of hydrogen-bond donors (Lipinski definition) is 1. The molecule has 1 saturated heterocycles. The van der Waals surface area contributed by atoms with Crippen molar-refractivity contribution >= 4 is 39.4 Å². The first-order valence-electron chi connectivity index (χ1n) is 8.71. The molecule has 0 aromatic heterocycles. The molecule has 1 aliphatic rings. The second-order valence-corrected chi connectivity index (χ2v) is 8.91. The molecule has 0 aliphatic carbocycles. The van der Waals surface area contributed by atoms with Gasteiger partial charge in [0, 0.05) is 24.1 Å². The highest BCUT2D eigenvalue weighted by Crippen LogP contribution is 2.29. The maximum Gasteiger partial charge on any atom is 0.295 e. The highest BCUT2D eigenvalue weighted by atomic mass is 32.2. The van der Waals surface area contributed by atoms with E-state index in [4.69, 9.17) is 4.74 Å². The summed E-state index contributed by atoms with van der Waals surface area (Å²) in [5.41, 5.74) is 3.19. The molecule has 1 heterocycles. The van der Waals surface area contributed by atoms with Crippen LogP contribution in [0.25, 0.3) is 0 Å². The van der Waals surface area contributed by atoms with Gasteiger partial charge in [0.15, 0.2) is 0 Å². The predicted octanol–water partition coefficient (Wildman–Crippen LogP) is 2.78. The van der Waals surface area contributed by atoms with E-state index in [0.29, 0.717) is 13.2 Å². The molecule has 11 heteroatoms. The first kappa shape index (κ1) is 21.2. The lowest BCUT2D eigenvalue weighted by molar-refractivity contribution is -0.384. The molecule has 0 spiro atoms. The fourth-order valence-electron chi connectivity index (χ4n) is 2.72. The van der Waals surface area contributed by atoms with E-state index in [1.54, 1.807) is 11.8 Å². The summed E-state index contributed by atoms with van der Waals surface area (Å²) in [7, 11) is -3.82. The lowest BCUT2D eigenvalue weighted by Gasteiger charge is -2.26. The monoisotopic (exact) mass is 436 g/mol. The van der Waals surface area contributed by atoms with Crippen molar-refractivity contribution in [2.24, 2.45) is 5.10 Å². The summed E-state index contributed by atoms with van der Waals surface area (Å²) in [6.45, 7) is 1.03. The summed E-state index contributed by atoms with van der Waals surface area (Å²) in [4.78, 5) is 11.8. The van der Waals surface area contributed by atoms with Crippen LogP contribution < -0.4 is 5.43 Å². The molecule has 1 N–H and O–H groups in total. The number of ether oxygens (including phenoxy) is 1. The molecule has 3 rings (SSSR count). The van der Waals surface area contributed by atoms with Crippen LogP contribution in [0.15, 0.2) is 57.4 Å². The molecule has 2 aromatic rings. The van der Waals surface area contributed by atoms with Crippen molar-refractivity contribution in [1.29, 1.82) is 0 Å². The van der Waals surface area contributed by atoms with E-state index in [9.17, 15) is 18.5 Å². The van der Waals surface area contributed by atoms with E-state index in [2.05, 4.69) is 10.5 Å². The first-order chi connectivity index (χ1) is 13.9. The molecule has 29 heavy (non-hydrogen) atoms. The molecule has 0 bridgehead atoms. The summed E-state index contributed by atoms with van der Waals surface area (Å²) in [6, 6.07) is 11.4. The van der Waals surface area contributed by atoms with Crippen molar-refractivity contribution in [2.75, 3.05) is 38.0 Å². The Labute approximate surface area is 172 Å². The molecule has 9 nitrogen and oxygen atoms in total. The number of morpholine rings is 1. The van der Waals surface area contributed by atoms with Crippen molar-refractivity contribution in [3.63, 3.8) is 0 Å². The summed E-state index contributed by atoms with van der Waals surface area (Å²) in [5.74, 6) is 0. The van der Waals surface area contributed by atoms with Crippen molar-refractivity contribution < 1.29 is 18.1 Å². The Balaban J connectivity index is 1.80. The Bertz CT molecular complexity index is 1000. The molecular weight excluding hydrogens is 416 g/mol. The van der Waals surface area contributed by atoms with Crippen LogP contribution in [0.2, 0.25) is 0 Å². The second kappa shape index (κ2) is 9.35. The number of nitro groups is 1. The van der Waals surface area contributed by atoms with Gasteiger partial charge < -0.3 is 4.74 Å². The lowest BCUT2D eigenvalue weighted by atomic mass is 10.2. The summed E-state index contributed by atoms with van der Waals surface area (Å²) < 4.78 is 31.9. The van der Waals surface area contributed by atoms with Crippen LogP contribution in [0, 0.1) is 10.1 Å². The molecule has 1 fully saturated rings. The lowest BCUT2D eigenvalue weighted by Crippen LogP contribution is -2.40. The topological polar surface area (TPSA) is 114 Å². The second-order valence-electron chi connectivity index (χ2n) is 6.10. The Kier molecular flexibility index (Phi) is 6.85. The zero-order valence-electron chi connectivity index (χ0n) is 15.6. The van der Waals surface area contributed by atoms with Gasteiger partial charge in [0.05, 0.1) is 29.2 Å². The highest BCUT2D eigenvalue weighted by Gasteiger charge is 2.28. The first-order valence-corrected chi connectivity index (χ1v) is 11.4. The maximum atomic E-state index is 12.7. The number of anilines is 1. The van der Waals surface area contributed by atoms with Crippen LogP contribution >= 0.6 is 11.8 Å². The zero-order valence-corrected chi connectivity index (χ0v) is 17.3. The molecule has 0 amide bonds. The van der Waals surface area contributed by atoms with Crippen molar-refractivity contribution in [2.45, 2.75) is 9.79 Å². The Morgan fingerprint density at radius 2 is 1.90 bits per heavy atom. The average Bonchev–Trinajstić information content (AvgIpc) is 2.74. The number of hydrazone groups is 1. The van der Waals surface area contributed by atoms with E-state index >= 15 is 0 Å². The van der Waals surface area contributed by atoms with Crippen molar-refractivity contribution in [1.82, 2.24) is 4.31 Å². The van der Waals surface area contributed by atoms with Gasteiger partial charge in [-0.2, -0.15) is 9.41 Å². The Hall–Kier alpha value is -2.47. The fraction of sp³-hybridized carbons (Fsp3) is 0.278. The number of thioether (sulfide) groups is 1. The van der Waals surface area contributed by atoms with Crippen molar-refractivity contribution in [3.05, 3.63) is 58.1 Å². The molecule has 0 atom stereocenters. The van der Waals surface area contributed by atoms with Crippen LogP contribution in [-0.4, -0.2) is 56.4 Å². The van der Waals surface area contributed by atoms with Gasteiger partial charge >= 0.3 is 0 Å². The quantitative estimate of drug-likeness (QED) is 0.307. The standard InChI is InChI=1S/C18H20N4O5S2/c1-28-15-4-2-14(3-5-15)13-19-20-17-7-6-16(12-18(17)22(23)24)29(25,26)21-8-10-27-11-9-21/h2-7,12-13,20H,8-11H2,1H3/b19-13+. The highest BCUT2D eigenvalue weighted by molar-refractivity contribution is 7.98. The van der Waals surface area contributed by atoms with Gasteiger partial charge in [-0.05, 0) is 36.1 Å². The van der Waals surface area contributed by atoms with Crippen LogP contribution in [0.1, 0.15) is 5.56 Å². The number of hydrogen-bond acceptors (Lipinski definition) is 8. The third-order valence-corrected chi connectivity index (χ3v) is 6.93. The van der Waals surface area contributed by atoms with Crippen LogP contribution in [0.3, 0.4) is 0 Å². The van der Waals surface area contributed by atoms with E-state index in [1.165, 1.54) is 22.7 Å². The molecule has 2 aromatic carbocycles. The third-order valence-electron chi connectivity index (χ3n) is 4.29. The van der Waals surface area contributed by atoms with Crippen molar-refractivity contribution in [3.8, 4) is 0 Å². The Morgan fingerprint density at radius 3 is 2.52 bits per heavy atom. The Morgan fingerprint density at radius 1 is 1.21 bits per heavy atom. The third kappa shape index (κ3) is 5.12. The van der Waals surface area contributed by atoms with Gasteiger partial charge in [0.1, 0.15) is 5.69 Å². The molecule has 154 valence electrons. The minimum atomic E-state index is -3.82. The normalized spacial score (nSPS) is 15.5. The average molecular weight is 437 g/mol. The number of rotatable bonds is 7. The van der Waals surface area contributed by atoms with E-state index in [-0.39, 0.29) is 29.4 Å². The number of benzene rings is 2. The molecule has 0 unspecified atom stereocenters. The largest absolute Gasteiger partial charge is 0.379 e. The van der Waals surface area contributed by atoms with Gasteiger partial charge in [0.2, 0.25) is 10.0 Å². The smallest absolute Gasteiger partial charge is 0.295 e. The number of nitrogens with zero attached hydrogens (tertiary/aromatic N) is 3. The van der Waals surface area contributed by atoms with E-state index in [0.717, 1.165) is 16.5 Å². The van der Waals surface area contributed by atoms with Gasteiger partial charge in [-0.1, -0.05) is 12.1 Å². The summed E-state index contributed by atoms with van der Waals surface area (Å²) >= 11 is 1.62. The van der Waals surface area contributed by atoms with Crippen LogP contribution in [0.4, 0.5) is 11.4 Å². The maximum absolute atomic E-state index is 12.7. The van der Waals surface area contributed by atoms with Gasteiger partial charge in [-0.3, -0.25) is 15.5 Å². The van der Waals surface area contributed by atoms with E-state index < -0.39 is 14.9 Å². The van der Waals surface area contributed by atoms with Gasteiger partial charge in [0.25, 0.3) is 5.69 Å². The summed E-state index contributed by atoms with van der Waals surface area (Å²) in [6.07, 6.45) is 3.51. The zero-order chi connectivity index (χ0) is 20.9. The molecule has 0 saturated carbocycles. The SMILES string of the molecule is CSc1ccc(/C=N/Nc2ccc(S(=O)(=O)N3CCOCC3)cc2[N+](=O)[O-])cc1. The van der Waals surface area contributed by atoms with Crippen LogP contribution in [-0.2, 0) is 14.8 Å². The predicted molar refractivity (Wildman–Crippen MR) is 112 cm³/mol.